The van der Waals surface area contributed by atoms with Crippen molar-refractivity contribution < 1.29 is 14.3 Å². The van der Waals surface area contributed by atoms with E-state index < -0.39 is 14.1 Å². The van der Waals surface area contributed by atoms with Crippen molar-refractivity contribution in [1.29, 1.82) is 0 Å². The number of hydrogen-bond acceptors (Lipinski definition) is 4. The summed E-state index contributed by atoms with van der Waals surface area (Å²) in [6.07, 6.45) is 0.230. The fourth-order valence-electron chi connectivity index (χ4n) is 3.16. The van der Waals surface area contributed by atoms with Gasteiger partial charge in [-0.1, -0.05) is 49.1 Å². The van der Waals surface area contributed by atoms with Gasteiger partial charge in [-0.2, -0.15) is 11.3 Å². The number of rotatable bonds is 8. The van der Waals surface area contributed by atoms with Gasteiger partial charge in [-0.15, -0.1) is 0 Å². The number of ether oxygens (including phenoxy) is 1. The Kier molecular flexibility index (Phi) is 7.30. The van der Waals surface area contributed by atoms with Gasteiger partial charge in [0, 0.05) is 5.69 Å². The van der Waals surface area contributed by atoms with E-state index in [0.29, 0.717) is 17.0 Å². The molecule has 1 aromatic heterocycles. The van der Waals surface area contributed by atoms with Crippen LogP contribution in [0.4, 0.5) is 5.69 Å². The third-order valence-electron chi connectivity index (χ3n) is 4.98. The molecule has 0 aliphatic rings. The van der Waals surface area contributed by atoms with Crippen LogP contribution in [0.5, 0.6) is 5.75 Å². The molecule has 7 heteroatoms. The van der Waals surface area contributed by atoms with Gasteiger partial charge in [-0.05, 0) is 52.2 Å². The average Bonchev–Trinajstić information content (AvgIpc) is 3.25. The number of carbonyl (C=O) groups is 2. The minimum absolute atomic E-state index is 0.205. The van der Waals surface area contributed by atoms with E-state index in [2.05, 4.69) is 42.4 Å². The van der Waals surface area contributed by atoms with Crippen LogP contribution in [0, 0.1) is 0 Å². The van der Waals surface area contributed by atoms with Crippen molar-refractivity contribution in [3.63, 3.8) is 0 Å². The zero-order valence-corrected chi connectivity index (χ0v) is 20.1. The Morgan fingerprint density at radius 1 is 1.00 bits per heavy atom. The first kappa shape index (κ1) is 22.8. The summed E-state index contributed by atoms with van der Waals surface area (Å²) >= 11 is 1.54. The van der Waals surface area contributed by atoms with E-state index in [1.165, 1.54) is 5.19 Å². The van der Waals surface area contributed by atoms with Gasteiger partial charge in [0.1, 0.15) is 11.8 Å². The van der Waals surface area contributed by atoms with Crippen LogP contribution in [0.2, 0.25) is 19.6 Å². The van der Waals surface area contributed by atoms with Crippen molar-refractivity contribution in [3.05, 3.63) is 76.5 Å². The molecule has 0 saturated carbocycles. The van der Waals surface area contributed by atoms with Crippen molar-refractivity contribution in [2.75, 3.05) is 12.4 Å². The molecule has 1 heterocycles. The van der Waals surface area contributed by atoms with Crippen LogP contribution in [-0.2, 0) is 16.0 Å². The Morgan fingerprint density at radius 3 is 2.23 bits per heavy atom. The summed E-state index contributed by atoms with van der Waals surface area (Å²) < 4.78 is 5.21. The number of thiophene rings is 1. The molecule has 31 heavy (non-hydrogen) atoms. The summed E-state index contributed by atoms with van der Waals surface area (Å²) in [5.74, 6) is 0.197. The highest BCUT2D eigenvalue weighted by Gasteiger charge is 2.24. The highest BCUT2D eigenvalue weighted by Crippen LogP contribution is 2.20. The Labute approximate surface area is 188 Å². The smallest absolute Gasteiger partial charge is 0.251 e. The number of methoxy groups -OCH3 is 1. The van der Waals surface area contributed by atoms with Crippen LogP contribution in [-0.4, -0.2) is 27.0 Å². The van der Waals surface area contributed by atoms with Crippen LogP contribution in [0.3, 0.4) is 0 Å². The van der Waals surface area contributed by atoms with Crippen molar-refractivity contribution in [2.45, 2.75) is 32.1 Å². The lowest BCUT2D eigenvalue weighted by Gasteiger charge is -2.20. The van der Waals surface area contributed by atoms with E-state index in [-0.39, 0.29) is 18.2 Å². The Balaban J connectivity index is 1.78. The monoisotopic (exact) mass is 452 g/mol. The summed E-state index contributed by atoms with van der Waals surface area (Å²) in [4.78, 5) is 25.8. The second-order valence-corrected chi connectivity index (χ2v) is 14.3. The molecule has 5 nitrogen and oxygen atoms in total. The number of anilines is 1. The molecule has 0 radical (unpaired) electrons. The molecule has 0 bridgehead atoms. The molecular weight excluding hydrogens is 424 g/mol. The predicted octanol–water partition coefficient (Wildman–Crippen LogP) is 4.34. The van der Waals surface area contributed by atoms with Gasteiger partial charge in [-0.25, -0.2) is 0 Å². The number of amides is 2. The van der Waals surface area contributed by atoms with E-state index in [9.17, 15) is 9.59 Å². The lowest BCUT2D eigenvalue weighted by atomic mass is 10.0. The van der Waals surface area contributed by atoms with E-state index >= 15 is 0 Å². The van der Waals surface area contributed by atoms with Crippen LogP contribution >= 0.6 is 11.3 Å². The Hall–Kier alpha value is -2.90. The fourth-order valence-corrected chi connectivity index (χ4v) is 4.99. The summed E-state index contributed by atoms with van der Waals surface area (Å²) in [6.45, 7) is 6.84. The van der Waals surface area contributed by atoms with Crippen molar-refractivity contribution in [3.8, 4) is 5.75 Å². The maximum atomic E-state index is 13.1. The van der Waals surface area contributed by atoms with Gasteiger partial charge in [-0.3, -0.25) is 9.59 Å². The van der Waals surface area contributed by atoms with Crippen LogP contribution < -0.4 is 20.6 Å². The highest BCUT2D eigenvalue weighted by atomic mass is 32.1. The number of hydrogen-bond donors (Lipinski definition) is 2. The van der Waals surface area contributed by atoms with Crippen molar-refractivity contribution >= 4 is 42.1 Å². The topological polar surface area (TPSA) is 67.4 Å². The van der Waals surface area contributed by atoms with Gasteiger partial charge in [0.25, 0.3) is 5.91 Å². The number of nitrogens with one attached hydrogen (secondary N) is 2. The molecule has 3 aromatic rings. The molecule has 162 valence electrons. The van der Waals surface area contributed by atoms with Gasteiger partial charge in [0.2, 0.25) is 5.91 Å². The molecule has 2 N–H and O–H groups in total. The zero-order valence-electron chi connectivity index (χ0n) is 18.3. The molecule has 1 atom stereocenters. The normalized spacial score (nSPS) is 12.1. The molecule has 0 aliphatic carbocycles. The average molecular weight is 453 g/mol. The standard InChI is InChI=1S/C24H28N2O3SSi/c1-29-20-9-5-18(6-10-20)23(26-22(27)15-17-13-14-30-16-17)24(28)25-19-7-11-21(12-8-19)31(2,3)4/h5-14,16,23H,15H2,1-4H3,(H,25,28)(H,26,27). The maximum absolute atomic E-state index is 13.1. The van der Waals surface area contributed by atoms with Gasteiger partial charge in [0.05, 0.1) is 21.6 Å². The second kappa shape index (κ2) is 9.94. The highest BCUT2D eigenvalue weighted by molar-refractivity contribution is 7.08. The molecule has 3 rings (SSSR count). The molecule has 0 saturated heterocycles. The van der Waals surface area contributed by atoms with Gasteiger partial charge < -0.3 is 15.4 Å². The Bertz CT molecular complexity index is 1010. The summed E-state index contributed by atoms with van der Waals surface area (Å²) in [6, 6.07) is 16.2. The number of carbonyl (C=O) groups excluding carboxylic acids is 2. The molecule has 0 fully saturated rings. The zero-order chi connectivity index (χ0) is 22.4. The fraction of sp³-hybridized carbons (Fsp3) is 0.250. The Morgan fingerprint density at radius 2 is 1.68 bits per heavy atom. The van der Waals surface area contributed by atoms with Crippen LogP contribution in [0.15, 0.2) is 65.4 Å². The summed E-state index contributed by atoms with van der Waals surface area (Å²) in [5, 5.41) is 11.0. The molecular formula is C24H28N2O3SSi. The third kappa shape index (κ3) is 6.29. The molecule has 0 spiro atoms. The van der Waals surface area contributed by atoms with Crippen LogP contribution in [0.25, 0.3) is 0 Å². The minimum Gasteiger partial charge on any atom is -0.497 e. The van der Waals surface area contributed by atoms with Crippen molar-refractivity contribution in [2.24, 2.45) is 0 Å². The molecule has 0 aliphatic heterocycles. The van der Waals surface area contributed by atoms with Crippen molar-refractivity contribution in [1.82, 2.24) is 5.32 Å². The third-order valence-corrected chi connectivity index (χ3v) is 7.78. The van der Waals surface area contributed by atoms with E-state index in [4.69, 9.17) is 4.74 Å². The van der Waals surface area contributed by atoms with E-state index in [1.807, 2.05) is 29.0 Å². The second-order valence-electron chi connectivity index (χ2n) is 8.40. The maximum Gasteiger partial charge on any atom is 0.251 e. The first-order valence-corrected chi connectivity index (χ1v) is 14.6. The predicted molar refractivity (Wildman–Crippen MR) is 130 cm³/mol. The first-order chi connectivity index (χ1) is 14.8. The lowest BCUT2D eigenvalue weighted by Crippen LogP contribution is -2.38. The lowest BCUT2D eigenvalue weighted by molar-refractivity contribution is -0.126. The number of benzene rings is 2. The largest absolute Gasteiger partial charge is 0.497 e. The molecule has 2 aromatic carbocycles. The van der Waals surface area contributed by atoms with E-state index in [0.717, 1.165) is 5.56 Å². The van der Waals surface area contributed by atoms with Gasteiger partial charge >= 0.3 is 0 Å². The van der Waals surface area contributed by atoms with Crippen LogP contribution in [0.1, 0.15) is 17.2 Å². The van der Waals surface area contributed by atoms with E-state index in [1.54, 1.807) is 42.7 Å². The summed E-state index contributed by atoms with van der Waals surface area (Å²) in [5.41, 5.74) is 2.33. The molecule has 2 amide bonds. The first-order valence-electron chi connectivity index (χ1n) is 10.1. The summed E-state index contributed by atoms with van der Waals surface area (Å²) in [7, 11) is 0.176. The molecule has 1 unspecified atom stereocenters. The minimum atomic E-state index is -1.41. The SMILES string of the molecule is COc1ccc(C(NC(=O)Cc2ccsc2)C(=O)Nc2ccc([Si](C)(C)C)cc2)cc1. The quantitative estimate of drug-likeness (QED) is 0.500. The van der Waals surface area contributed by atoms with Gasteiger partial charge in [0.15, 0.2) is 0 Å².